The monoisotopic (exact) mass is 248 g/mol. The summed E-state index contributed by atoms with van der Waals surface area (Å²) in [5.74, 6) is 0.349. The van der Waals surface area contributed by atoms with Gasteiger partial charge >= 0.3 is 5.97 Å². The largest absolute Gasteiger partial charge is 0.467 e. The van der Waals surface area contributed by atoms with Gasteiger partial charge in [0.15, 0.2) is 5.57 Å². The molecule has 0 aromatic carbocycles. The summed E-state index contributed by atoms with van der Waals surface area (Å²) in [7, 11) is 0. The topological polar surface area (TPSA) is 75.3 Å². The Morgan fingerprint density at radius 3 is 3.00 bits per heavy atom. The molecule has 96 valence electrons. The molecule has 1 rings (SSSR count). The van der Waals surface area contributed by atoms with Crippen molar-refractivity contribution >= 4 is 5.97 Å². The molecule has 1 aromatic rings. The molecular weight excluding hydrogens is 232 g/mol. The molecule has 1 heterocycles. The average Bonchev–Trinajstić information content (AvgIpc) is 2.84. The van der Waals surface area contributed by atoms with Crippen LogP contribution < -0.4 is 5.32 Å². The second kappa shape index (κ2) is 7.17. The first-order valence-corrected chi connectivity index (χ1v) is 5.66. The van der Waals surface area contributed by atoms with E-state index in [2.05, 4.69) is 5.32 Å². The second-order valence-corrected chi connectivity index (χ2v) is 4.12. The molecule has 0 saturated heterocycles. The third-order valence-electron chi connectivity index (χ3n) is 1.99. The molecule has 0 unspecified atom stereocenters. The minimum Gasteiger partial charge on any atom is -0.467 e. The number of nitriles is 1. The van der Waals surface area contributed by atoms with E-state index in [0.717, 1.165) is 5.76 Å². The van der Waals surface area contributed by atoms with Gasteiger partial charge in [-0.3, -0.25) is 0 Å². The SMILES string of the molecule is CC(C)COC(=O)/C(C#N)=C/NCc1ccco1. The fraction of sp³-hybridized carbons (Fsp3) is 0.385. The highest BCUT2D eigenvalue weighted by Crippen LogP contribution is 2.01. The number of carbonyl (C=O) groups is 1. The van der Waals surface area contributed by atoms with Gasteiger partial charge in [0.1, 0.15) is 11.8 Å². The van der Waals surface area contributed by atoms with E-state index in [0.29, 0.717) is 13.2 Å². The van der Waals surface area contributed by atoms with E-state index >= 15 is 0 Å². The lowest BCUT2D eigenvalue weighted by Gasteiger charge is -2.06. The molecule has 0 saturated carbocycles. The van der Waals surface area contributed by atoms with E-state index in [1.54, 1.807) is 24.5 Å². The van der Waals surface area contributed by atoms with Gasteiger partial charge < -0.3 is 14.5 Å². The van der Waals surface area contributed by atoms with Crippen LogP contribution in [0.3, 0.4) is 0 Å². The van der Waals surface area contributed by atoms with E-state index in [1.165, 1.54) is 6.20 Å². The average molecular weight is 248 g/mol. The van der Waals surface area contributed by atoms with Crippen molar-refractivity contribution in [3.05, 3.63) is 35.9 Å². The zero-order valence-corrected chi connectivity index (χ0v) is 10.5. The molecule has 5 heteroatoms. The molecule has 0 amide bonds. The summed E-state index contributed by atoms with van der Waals surface area (Å²) in [5.41, 5.74) is -0.0535. The first-order valence-electron chi connectivity index (χ1n) is 5.66. The molecule has 18 heavy (non-hydrogen) atoms. The van der Waals surface area contributed by atoms with Gasteiger partial charge in [-0.15, -0.1) is 0 Å². The van der Waals surface area contributed by atoms with E-state index in [1.807, 2.05) is 13.8 Å². The molecule has 1 aromatic heterocycles. The van der Waals surface area contributed by atoms with Crippen molar-refractivity contribution in [1.82, 2.24) is 5.32 Å². The number of rotatable bonds is 6. The fourth-order valence-electron chi connectivity index (χ4n) is 1.12. The Labute approximate surface area is 106 Å². The maximum atomic E-state index is 11.5. The Bertz CT molecular complexity index is 441. The second-order valence-electron chi connectivity index (χ2n) is 4.12. The highest BCUT2D eigenvalue weighted by molar-refractivity contribution is 5.92. The Balaban J connectivity index is 2.44. The number of esters is 1. The van der Waals surface area contributed by atoms with Crippen LogP contribution in [0.25, 0.3) is 0 Å². The van der Waals surface area contributed by atoms with E-state index < -0.39 is 5.97 Å². The van der Waals surface area contributed by atoms with Crippen LogP contribution in [0.15, 0.2) is 34.6 Å². The van der Waals surface area contributed by atoms with Gasteiger partial charge in [-0.25, -0.2) is 4.79 Å². The van der Waals surface area contributed by atoms with Crippen LogP contribution in [0, 0.1) is 17.2 Å². The third kappa shape index (κ3) is 4.74. The van der Waals surface area contributed by atoms with E-state index in [9.17, 15) is 4.79 Å². The standard InChI is InChI=1S/C13H16N2O3/c1-10(2)9-18-13(16)11(6-14)7-15-8-12-4-3-5-17-12/h3-5,7,10,15H,8-9H2,1-2H3/b11-7+. The van der Waals surface area contributed by atoms with Crippen molar-refractivity contribution in [3.8, 4) is 6.07 Å². The van der Waals surface area contributed by atoms with Crippen molar-refractivity contribution in [2.75, 3.05) is 6.61 Å². The number of ether oxygens (including phenoxy) is 1. The van der Waals surface area contributed by atoms with E-state index in [-0.39, 0.29) is 11.5 Å². The number of hydrogen-bond acceptors (Lipinski definition) is 5. The van der Waals surface area contributed by atoms with Gasteiger partial charge in [0.25, 0.3) is 0 Å². The van der Waals surface area contributed by atoms with Crippen molar-refractivity contribution in [3.63, 3.8) is 0 Å². The van der Waals surface area contributed by atoms with Crippen LogP contribution in [0.2, 0.25) is 0 Å². The van der Waals surface area contributed by atoms with Gasteiger partial charge in [-0.1, -0.05) is 13.8 Å². The smallest absolute Gasteiger partial charge is 0.350 e. The first kappa shape index (κ1) is 13.8. The summed E-state index contributed by atoms with van der Waals surface area (Å²) in [4.78, 5) is 11.5. The summed E-state index contributed by atoms with van der Waals surface area (Å²) in [6.45, 7) is 4.57. The predicted molar refractivity (Wildman–Crippen MR) is 65.0 cm³/mol. The zero-order chi connectivity index (χ0) is 13.4. The molecule has 0 aliphatic heterocycles. The molecule has 1 N–H and O–H groups in total. The third-order valence-corrected chi connectivity index (χ3v) is 1.99. The maximum absolute atomic E-state index is 11.5. The van der Waals surface area contributed by atoms with Crippen molar-refractivity contribution in [2.24, 2.45) is 5.92 Å². The highest BCUT2D eigenvalue weighted by atomic mass is 16.5. The number of nitrogens with one attached hydrogen (secondary N) is 1. The van der Waals surface area contributed by atoms with Gasteiger partial charge in [-0.05, 0) is 18.1 Å². The van der Waals surface area contributed by atoms with Crippen molar-refractivity contribution in [2.45, 2.75) is 20.4 Å². The van der Waals surface area contributed by atoms with Crippen LogP contribution >= 0.6 is 0 Å². The lowest BCUT2D eigenvalue weighted by Crippen LogP contribution is -2.14. The molecule has 0 radical (unpaired) electrons. The molecule has 0 bridgehead atoms. The van der Waals surface area contributed by atoms with Gasteiger partial charge in [0.05, 0.1) is 19.4 Å². The number of furan rings is 1. The van der Waals surface area contributed by atoms with Crippen LogP contribution in [-0.4, -0.2) is 12.6 Å². The molecule has 0 spiro atoms. The van der Waals surface area contributed by atoms with Gasteiger partial charge in [-0.2, -0.15) is 5.26 Å². The fourth-order valence-corrected chi connectivity index (χ4v) is 1.12. The zero-order valence-electron chi connectivity index (χ0n) is 10.5. The minimum absolute atomic E-state index is 0.0535. The van der Waals surface area contributed by atoms with Crippen LogP contribution in [0.5, 0.6) is 0 Å². The van der Waals surface area contributed by atoms with Crippen molar-refractivity contribution < 1.29 is 13.9 Å². The quantitative estimate of drug-likeness (QED) is 0.473. The molecule has 0 fully saturated rings. The Morgan fingerprint density at radius 1 is 1.67 bits per heavy atom. The van der Waals surface area contributed by atoms with Crippen LogP contribution in [0.4, 0.5) is 0 Å². The van der Waals surface area contributed by atoms with Gasteiger partial charge in [0.2, 0.25) is 0 Å². The molecule has 5 nitrogen and oxygen atoms in total. The van der Waals surface area contributed by atoms with Gasteiger partial charge in [0, 0.05) is 6.20 Å². The molecular formula is C13H16N2O3. The Hall–Kier alpha value is -2.22. The van der Waals surface area contributed by atoms with E-state index in [4.69, 9.17) is 14.4 Å². The van der Waals surface area contributed by atoms with Crippen LogP contribution in [-0.2, 0) is 16.1 Å². The summed E-state index contributed by atoms with van der Waals surface area (Å²) in [6, 6.07) is 5.36. The lowest BCUT2D eigenvalue weighted by atomic mass is 10.2. The number of hydrogen-bond donors (Lipinski definition) is 1. The number of carbonyl (C=O) groups excluding carboxylic acids is 1. The lowest BCUT2D eigenvalue weighted by molar-refractivity contribution is -0.139. The Kier molecular flexibility index (Phi) is 5.52. The summed E-state index contributed by atoms with van der Waals surface area (Å²) >= 11 is 0. The summed E-state index contributed by atoms with van der Waals surface area (Å²) in [5, 5.41) is 11.7. The van der Waals surface area contributed by atoms with Crippen LogP contribution in [0.1, 0.15) is 19.6 Å². The number of nitrogens with zero attached hydrogens (tertiary/aromatic N) is 1. The molecule has 0 atom stereocenters. The summed E-state index contributed by atoms with van der Waals surface area (Å²) < 4.78 is 10.0. The normalized spacial score (nSPS) is 11.1. The molecule has 0 aliphatic carbocycles. The minimum atomic E-state index is -0.613. The Morgan fingerprint density at radius 2 is 2.44 bits per heavy atom. The highest BCUT2D eigenvalue weighted by Gasteiger charge is 2.10. The predicted octanol–water partition coefficient (Wildman–Crippen LogP) is 1.98. The van der Waals surface area contributed by atoms with Crippen molar-refractivity contribution in [1.29, 1.82) is 5.26 Å². The summed E-state index contributed by atoms with van der Waals surface area (Å²) in [6.07, 6.45) is 2.90. The maximum Gasteiger partial charge on any atom is 0.350 e. The first-order chi connectivity index (χ1) is 8.63. The molecule has 0 aliphatic rings.